The first-order valence-corrected chi connectivity index (χ1v) is 14.6. The molecule has 0 amide bonds. The number of para-hydroxylation sites is 3. The molecule has 9 nitrogen and oxygen atoms in total. The van der Waals surface area contributed by atoms with Crippen LogP contribution in [0, 0.1) is 0 Å². The molecule has 0 fully saturated rings. The minimum Gasteiger partial charge on any atom is -0.496 e. The molecule has 0 bridgehead atoms. The van der Waals surface area contributed by atoms with Crippen molar-refractivity contribution < 1.29 is 14.2 Å². The second-order valence-electron chi connectivity index (χ2n) is 8.64. The largest absolute Gasteiger partial charge is 0.524 e. The highest BCUT2D eigenvalue weighted by Gasteiger charge is 2.40. The smallest absolute Gasteiger partial charge is 0.496 e. The maximum atomic E-state index is 5.49. The Hall–Kier alpha value is -4.70. The normalized spacial score (nSPS) is 13.1. The first kappa shape index (κ1) is 28.3. The molecular formula is C30H32N6O3Si. The monoisotopic (exact) mass is 552 g/mol. The van der Waals surface area contributed by atoms with E-state index < -0.39 is 8.56 Å². The van der Waals surface area contributed by atoms with Crippen LogP contribution >= 0.6 is 0 Å². The van der Waals surface area contributed by atoms with E-state index in [9.17, 15) is 0 Å². The lowest BCUT2D eigenvalue weighted by atomic mass is 10.2. The summed E-state index contributed by atoms with van der Waals surface area (Å²) in [6.07, 6.45) is 0. The third kappa shape index (κ3) is 7.23. The summed E-state index contributed by atoms with van der Waals surface area (Å²) in [7, 11) is 1.44. The molecule has 4 aromatic rings. The van der Waals surface area contributed by atoms with Crippen LogP contribution in [-0.2, 0) is 19.6 Å². The van der Waals surface area contributed by atoms with Crippen molar-refractivity contribution in [1.82, 2.24) is 0 Å². The van der Waals surface area contributed by atoms with Crippen LogP contribution in [0.3, 0.4) is 0 Å². The zero-order chi connectivity index (χ0) is 28.0. The number of nitrogens with zero attached hydrogens (tertiary/aromatic N) is 6. The molecule has 0 saturated heterocycles. The van der Waals surface area contributed by atoms with Crippen LogP contribution in [0.25, 0.3) is 0 Å². The van der Waals surface area contributed by atoms with E-state index >= 15 is 0 Å². The molecule has 0 aliphatic rings. The Bertz CT molecular complexity index is 1320. The SMILES string of the molecule is COc1ccccc1CN=N[Si](N=NCc1ccccc1OC)(N=NCc1ccccc1OC)c1ccccc1. The maximum Gasteiger partial charge on any atom is 0.524 e. The fourth-order valence-corrected chi connectivity index (χ4v) is 5.94. The van der Waals surface area contributed by atoms with Gasteiger partial charge in [-0.05, 0) is 18.2 Å². The molecule has 0 saturated carbocycles. The Labute approximate surface area is 235 Å². The number of rotatable bonds is 13. The van der Waals surface area contributed by atoms with Gasteiger partial charge in [0.1, 0.15) is 17.2 Å². The van der Waals surface area contributed by atoms with Crippen LogP contribution < -0.4 is 19.4 Å². The van der Waals surface area contributed by atoms with Crippen molar-refractivity contribution in [1.29, 1.82) is 0 Å². The van der Waals surface area contributed by atoms with Crippen molar-refractivity contribution >= 4 is 13.7 Å². The summed E-state index contributed by atoms with van der Waals surface area (Å²) in [5.41, 5.74) is 2.71. The van der Waals surface area contributed by atoms with Crippen LogP contribution in [0.4, 0.5) is 0 Å². The van der Waals surface area contributed by atoms with Crippen LogP contribution in [0.5, 0.6) is 17.2 Å². The Kier molecular flexibility index (Phi) is 10.2. The summed E-state index contributed by atoms with van der Waals surface area (Å²) in [5, 5.41) is 14.5. The molecular weight excluding hydrogens is 520 g/mol. The summed E-state index contributed by atoms with van der Waals surface area (Å²) >= 11 is 0. The van der Waals surface area contributed by atoms with E-state index in [0.717, 1.165) is 39.1 Å². The van der Waals surface area contributed by atoms with Crippen molar-refractivity contribution in [2.24, 2.45) is 29.7 Å². The van der Waals surface area contributed by atoms with E-state index in [-0.39, 0.29) is 0 Å². The third-order valence-corrected chi connectivity index (χ3v) is 8.46. The molecule has 0 atom stereocenters. The molecule has 0 radical (unpaired) electrons. The predicted molar refractivity (Wildman–Crippen MR) is 156 cm³/mol. The van der Waals surface area contributed by atoms with Gasteiger partial charge < -0.3 is 14.2 Å². The molecule has 0 aliphatic carbocycles. The van der Waals surface area contributed by atoms with Gasteiger partial charge in [-0.25, -0.2) is 0 Å². The highest BCUT2D eigenvalue weighted by Crippen LogP contribution is 2.23. The van der Waals surface area contributed by atoms with Gasteiger partial charge >= 0.3 is 8.56 Å². The topological polar surface area (TPSA) is 102 Å². The van der Waals surface area contributed by atoms with Crippen LogP contribution in [0.15, 0.2) is 133 Å². The summed E-state index contributed by atoms with van der Waals surface area (Å²) in [5.74, 6) is 2.22. The van der Waals surface area contributed by atoms with Crippen LogP contribution in [-0.4, -0.2) is 29.9 Å². The number of hydrogen-bond acceptors (Lipinski definition) is 9. The summed E-state index contributed by atoms with van der Waals surface area (Å²) < 4.78 is 30.8. The highest BCUT2D eigenvalue weighted by atomic mass is 28.4. The highest BCUT2D eigenvalue weighted by molar-refractivity contribution is 6.86. The van der Waals surface area contributed by atoms with Crippen LogP contribution in [0.2, 0.25) is 0 Å². The zero-order valence-corrected chi connectivity index (χ0v) is 23.8. The molecule has 0 aromatic heterocycles. The van der Waals surface area contributed by atoms with Crippen molar-refractivity contribution in [3.63, 3.8) is 0 Å². The average molecular weight is 553 g/mol. The van der Waals surface area contributed by atoms with Crippen molar-refractivity contribution in [3.8, 4) is 17.2 Å². The molecule has 40 heavy (non-hydrogen) atoms. The molecule has 0 aliphatic heterocycles. The van der Waals surface area contributed by atoms with E-state index in [1.807, 2.05) is 103 Å². The number of ether oxygens (including phenoxy) is 3. The van der Waals surface area contributed by atoms with E-state index in [1.165, 1.54) is 0 Å². The number of benzene rings is 4. The average Bonchev–Trinajstić information content (AvgIpc) is 3.02. The van der Waals surface area contributed by atoms with Gasteiger partial charge in [-0.15, -0.1) is 0 Å². The minimum absolute atomic E-state index is 0.301. The predicted octanol–water partition coefficient (Wildman–Crippen LogP) is 6.82. The van der Waals surface area contributed by atoms with Gasteiger partial charge in [-0.3, -0.25) is 0 Å². The van der Waals surface area contributed by atoms with Crippen molar-refractivity contribution in [2.75, 3.05) is 21.3 Å². The van der Waals surface area contributed by atoms with E-state index in [2.05, 4.69) is 15.3 Å². The van der Waals surface area contributed by atoms with E-state index in [1.54, 1.807) is 21.3 Å². The number of hydrogen-bond donors (Lipinski definition) is 0. The standard InChI is InChI=1S/C30H32N6O3Si/c1-37-28-18-10-7-13-24(28)21-31-34-40(27-16-5-4-6-17-27,35-32-22-25-14-8-11-19-29(25)38-2)36-33-23-26-15-9-12-20-30(26)39-3/h4-20H,21-23H2,1-3H3. The fraction of sp³-hybridized carbons (Fsp3) is 0.200. The Morgan fingerprint density at radius 1 is 0.450 bits per heavy atom. The van der Waals surface area contributed by atoms with Crippen molar-refractivity contribution in [3.05, 3.63) is 120 Å². The van der Waals surface area contributed by atoms with Gasteiger partial charge in [-0.1, -0.05) is 84.9 Å². The van der Waals surface area contributed by atoms with Gasteiger partial charge in [0.25, 0.3) is 0 Å². The lowest BCUT2D eigenvalue weighted by Crippen LogP contribution is -2.42. The Balaban J connectivity index is 1.73. The summed E-state index contributed by atoms with van der Waals surface area (Å²) in [6.45, 7) is 0.904. The molecule has 4 rings (SSSR count). The van der Waals surface area contributed by atoms with Gasteiger partial charge in [0, 0.05) is 21.9 Å². The molecule has 0 spiro atoms. The summed E-state index contributed by atoms with van der Waals surface area (Å²) in [6, 6.07) is 32.8. The second-order valence-corrected chi connectivity index (χ2v) is 11.1. The molecule has 10 heteroatoms. The lowest BCUT2D eigenvalue weighted by Gasteiger charge is -2.15. The third-order valence-electron chi connectivity index (χ3n) is 6.09. The van der Waals surface area contributed by atoms with E-state index in [0.29, 0.717) is 19.6 Å². The zero-order valence-electron chi connectivity index (χ0n) is 22.8. The molecule has 4 aromatic carbocycles. The first-order valence-electron chi connectivity index (χ1n) is 12.8. The first-order chi connectivity index (χ1) is 19.7. The molecule has 0 unspecified atom stereocenters. The fourth-order valence-electron chi connectivity index (χ4n) is 4.03. The van der Waals surface area contributed by atoms with Crippen molar-refractivity contribution in [2.45, 2.75) is 19.6 Å². The quantitative estimate of drug-likeness (QED) is 0.134. The molecule has 0 heterocycles. The lowest BCUT2D eigenvalue weighted by molar-refractivity contribution is 0.409. The van der Waals surface area contributed by atoms with E-state index in [4.69, 9.17) is 28.6 Å². The van der Waals surface area contributed by atoms with Crippen LogP contribution in [0.1, 0.15) is 16.7 Å². The summed E-state index contributed by atoms with van der Waals surface area (Å²) in [4.78, 5) is 0. The molecule has 204 valence electrons. The van der Waals surface area contributed by atoms with Gasteiger partial charge in [-0.2, -0.15) is 29.7 Å². The second kappa shape index (κ2) is 14.5. The Morgan fingerprint density at radius 2 is 0.775 bits per heavy atom. The maximum absolute atomic E-state index is 5.49. The number of methoxy groups -OCH3 is 3. The minimum atomic E-state index is -3.46. The van der Waals surface area contributed by atoms with Gasteiger partial charge in [0.2, 0.25) is 0 Å². The Morgan fingerprint density at radius 3 is 1.12 bits per heavy atom. The van der Waals surface area contributed by atoms with Gasteiger partial charge in [0.05, 0.1) is 41.0 Å². The van der Waals surface area contributed by atoms with Gasteiger partial charge in [0.15, 0.2) is 0 Å². The molecule has 0 N–H and O–H groups in total.